The highest BCUT2D eigenvalue weighted by molar-refractivity contribution is 7.80. The lowest BCUT2D eigenvalue weighted by molar-refractivity contribution is 0.269. The number of anilines is 1. The summed E-state index contributed by atoms with van der Waals surface area (Å²) in [6, 6.07) is 10.2. The minimum absolute atomic E-state index is 0.210. The van der Waals surface area contributed by atoms with E-state index >= 15 is 0 Å². The van der Waals surface area contributed by atoms with Gasteiger partial charge >= 0.3 is 0 Å². The monoisotopic (exact) mass is 362 g/mol. The van der Waals surface area contributed by atoms with Crippen molar-refractivity contribution in [2.45, 2.75) is 19.5 Å². The molecule has 0 bridgehead atoms. The molecule has 7 heteroatoms. The van der Waals surface area contributed by atoms with Crippen molar-refractivity contribution in [2.75, 3.05) is 5.32 Å². The van der Waals surface area contributed by atoms with Crippen LogP contribution in [-0.4, -0.2) is 10.0 Å². The van der Waals surface area contributed by atoms with Crippen molar-refractivity contribution in [3.8, 4) is 0 Å². The number of furan rings is 2. The first-order valence-corrected chi connectivity index (χ1v) is 8.03. The van der Waals surface area contributed by atoms with Gasteiger partial charge in [-0.1, -0.05) is 0 Å². The molecule has 0 aliphatic heterocycles. The zero-order valence-corrected chi connectivity index (χ0v) is 14.2. The van der Waals surface area contributed by atoms with E-state index in [9.17, 15) is 8.78 Å². The van der Waals surface area contributed by atoms with E-state index in [1.54, 1.807) is 24.7 Å². The number of nitrogens with zero attached hydrogens (tertiary/aromatic N) is 1. The van der Waals surface area contributed by atoms with Gasteiger partial charge in [0.15, 0.2) is 5.11 Å². The van der Waals surface area contributed by atoms with Crippen molar-refractivity contribution >= 4 is 23.0 Å². The molecular weight excluding hydrogens is 346 g/mol. The molecule has 3 rings (SSSR count). The predicted octanol–water partition coefficient (Wildman–Crippen LogP) is 5.11. The number of rotatable bonds is 5. The number of benzene rings is 1. The lowest BCUT2D eigenvalue weighted by Crippen LogP contribution is -2.36. The maximum absolute atomic E-state index is 13.4. The van der Waals surface area contributed by atoms with E-state index in [2.05, 4.69) is 5.32 Å². The summed E-state index contributed by atoms with van der Waals surface area (Å²) in [5.74, 6) is 0.0537. The fourth-order valence-electron chi connectivity index (χ4n) is 2.46. The molecule has 2 heterocycles. The second-order valence-electron chi connectivity index (χ2n) is 5.49. The Hall–Kier alpha value is -2.67. The smallest absolute Gasteiger partial charge is 0.174 e. The van der Waals surface area contributed by atoms with Crippen LogP contribution in [0.25, 0.3) is 0 Å². The second-order valence-corrected chi connectivity index (χ2v) is 5.87. The third-order valence-corrected chi connectivity index (χ3v) is 4.04. The van der Waals surface area contributed by atoms with E-state index in [0.29, 0.717) is 23.2 Å². The van der Waals surface area contributed by atoms with Crippen LogP contribution in [0.4, 0.5) is 14.5 Å². The van der Waals surface area contributed by atoms with Crippen LogP contribution < -0.4 is 5.32 Å². The summed E-state index contributed by atoms with van der Waals surface area (Å²) in [7, 11) is 0. The highest BCUT2D eigenvalue weighted by atomic mass is 32.1. The molecule has 0 spiro atoms. The molecule has 0 saturated carbocycles. The van der Waals surface area contributed by atoms with Crippen LogP contribution in [-0.2, 0) is 6.54 Å². The first kappa shape index (κ1) is 17.2. The molecule has 3 aromatic rings. The SMILES string of the molecule is CC(c1ccco1)N(Cc1ccco1)C(=S)Nc1cc(F)cc(F)c1. The van der Waals surface area contributed by atoms with Gasteiger partial charge in [-0.3, -0.25) is 0 Å². The highest BCUT2D eigenvalue weighted by Crippen LogP contribution is 2.25. The molecule has 1 atom stereocenters. The van der Waals surface area contributed by atoms with E-state index in [-0.39, 0.29) is 11.7 Å². The first-order chi connectivity index (χ1) is 12.0. The molecule has 0 amide bonds. The molecule has 1 N–H and O–H groups in total. The van der Waals surface area contributed by atoms with Gasteiger partial charge in [-0.05, 0) is 55.5 Å². The van der Waals surface area contributed by atoms with E-state index in [1.165, 1.54) is 12.1 Å². The fourth-order valence-corrected chi connectivity index (χ4v) is 2.80. The van der Waals surface area contributed by atoms with Gasteiger partial charge in [0.1, 0.15) is 23.2 Å². The largest absolute Gasteiger partial charge is 0.467 e. The molecule has 1 unspecified atom stereocenters. The van der Waals surface area contributed by atoms with Crippen molar-refractivity contribution < 1.29 is 17.6 Å². The molecule has 130 valence electrons. The Morgan fingerprint density at radius 1 is 1.12 bits per heavy atom. The highest BCUT2D eigenvalue weighted by Gasteiger charge is 2.22. The van der Waals surface area contributed by atoms with Crippen molar-refractivity contribution in [1.82, 2.24) is 4.90 Å². The van der Waals surface area contributed by atoms with E-state index in [1.807, 2.05) is 24.0 Å². The van der Waals surface area contributed by atoms with Crippen molar-refractivity contribution in [3.63, 3.8) is 0 Å². The summed E-state index contributed by atoms with van der Waals surface area (Å²) < 4.78 is 37.6. The normalized spacial score (nSPS) is 12.0. The molecule has 0 fully saturated rings. The molecule has 25 heavy (non-hydrogen) atoms. The zero-order valence-electron chi connectivity index (χ0n) is 13.4. The summed E-state index contributed by atoms with van der Waals surface area (Å²) in [6.07, 6.45) is 3.15. The average Bonchev–Trinajstić information content (AvgIpc) is 3.24. The maximum atomic E-state index is 13.4. The Morgan fingerprint density at radius 2 is 1.80 bits per heavy atom. The molecule has 0 radical (unpaired) electrons. The summed E-state index contributed by atoms with van der Waals surface area (Å²) in [5, 5.41) is 3.17. The van der Waals surface area contributed by atoms with Gasteiger partial charge in [0.2, 0.25) is 0 Å². The Labute approximate surface area is 149 Å². The minimum atomic E-state index is -0.679. The van der Waals surface area contributed by atoms with Crippen LogP contribution in [0.3, 0.4) is 0 Å². The third-order valence-electron chi connectivity index (χ3n) is 3.70. The number of hydrogen-bond donors (Lipinski definition) is 1. The van der Waals surface area contributed by atoms with Gasteiger partial charge in [-0.15, -0.1) is 0 Å². The fraction of sp³-hybridized carbons (Fsp3) is 0.167. The molecule has 0 saturated heterocycles. The van der Waals surface area contributed by atoms with Crippen LogP contribution in [0, 0.1) is 11.6 Å². The average molecular weight is 362 g/mol. The second kappa shape index (κ2) is 7.48. The lowest BCUT2D eigenvalue weighted by Gasteiger charge is -2.30. The topological polar surface area (TPSA) is 41.6 Å². The van der Waals surface area contributed by atoms with Crippen LogP contribution in [0.15, 0.2) is 63.8 Å². The quantitative estimate of drug-likeness (QED) is 0.639. The summed E-state index contributed by atoms with van der Waals surface area (Å²) in [4.78, 5) is 1.82. The van der Waals surface area contributed by atoms with E-state index < -0.39 is 11.6 Å². The predicted molar refractivity (Wildman–Crippen MR) is 94.0 cm³/mol. The molecule has 2 aromatic heterocycles. The molecular formula is C18H16F2N2O2S. The summed E-state index contributed by atoms with van der Waals surface area (Å²) in [5.41, 5.74) is 0.235. The number of nitrogens with one attached hydrogen (secondary N) is 1. The van der Waals surface area contributed by atoms with Gasteiger partial charge in [0, 0.05) is 11.8 Å². The minimum Gasteiger partial charge on any atom is -0.467 e. The van der Waals surface area contributed by atoms with Gasteiger partial charge in [-0.2, -0.15) is 0 Å². The summed E-state index contributed by atoms with van der Waals surface area (Å²) in [6.45, 7) is 2.29. The van der Waals surface area contributed by atoms with Crippen molar-refractivity contribution in [1.29, 1.82) is 0 Å². The van der Waals surface area contributed by atoms with Crippen LogP contribution in [0.1, 0.15) is 24.5 Å². The zero-order chi connectivity index (χ0) is 17.8. The number of halogens is 2. The van der Waals surface area contributed by atoms with Gasteiger partial charge in [0.05, 0.1) is 25.1 Å². The van der Waals surface area contributed by atoms with Crippen molar-refractivity contribution in [3.05, 3.63) is 78.1 Å². The molecule has 0 aliphatic carbocycles. The molecule has 0 aliphatic rings. The summed E-state index contributed by atoms with van der Waals surface area (Å²) >= 11 is 5.45. The van der Waals surface area contributed by atoms with Crippen molar-refractivity contribution in [2.24, 2.45) is 0 Å². The molecule has 1 aromatic carbocycles. The Kier molecular flexibility index (Phi) is 5.14. The van der Waals surface area contributed by atoms with Gasteiger partial charge < -0.3 is 19.1 Å². The number of thiocarbonyl (C=S) groups is 1. The molecule has 4 nitrogen and oxygen atoms in total. The van der Waals surface area contributed by atoms with Crippen LogP contribution in [0.2, 0.25) is 0 Å². The van der Waals surface area contributed by atoms with E-state index in [4.69, 9.17) is 21.1 Å². The lowest BCUT2D eigenvalue weighted by atomic mass is 10.2. The van der Waals surface area contributed by atoms with Gasteiger partial charge in [-0.25, -0.2) is 8.78 Å². The first-order valence-electron chi connectivity index (χ1n) is 7.62. The number of hydrogen-bond acceptors (Lipinski definition) is 3. The Balaban J connectivity index is 1.83. The maximum Gasteiger partial charge on any atom is 0.174 e. The van der Waals surface area contributed by atoms with Gasteiger partial charge in [0.25, 0.3) is 0 Å². The Morgan fingerprint density at radius 3 is 2.40 bits per heavy atom. The van der Waals surface area contributed by atoms with Crippen LogP contribution in [0.5, 0.6) is 0 Å². The van der Waals surface area contributed by atoms with Crippen LogP contribution >= 0.6 is 12.2 Å². The standard InChI is InChI=1S/C18H16F2N2O2S/c1-12(17-5-3-7-24-17)22(11-16-4-2-6-23-16)18(25)21-15-9-13(19)8-14(20)10-15/h2-10,12H,11H2,1H3,(H,21,25). The third kappa shape index (κ3) is 4.24. The van der Waals surface area contributed by atoms with E-state index in [0.717, 1.165) is 6.07 Å². The Bertz CT molecular complexity index is 815.